The smallest absolute Gasteiger partial charge is 0.135 e. The van der Waals surface area contributed by atoms with E-state index in [9.17, 15) is 0 Å². The molecular weight excluding hydrogens is 162 g/mol. The van der Waals surface area contributed by atoms with Gasteiger partial charge in [-0.15, -0.1) is 0 Å². The van der Waals surface area contributed by atoms with Crippen molar-refractivity contribution in [2.24, 2.45) is 0 Å². The number of halogens is 1. The van der Waals surface area contributed by atoms with Gasteiger partial charge in [-0.3, -0.25) is 0 Å². The molecule has 0 amide bonds. The highest BCUT2D eigenvalue weighted by molar-refractivity contribution is 6.30. The third kappa shape index (κ3) is 1.70. The highest BCUT2D eigenvalue weighted by Crippen LogP contribution is 2.17. The lowest BCUT2D eigenvalue weighted by molar-refractivity contribution is 0.280. The standard InChI is InChI=1S/C8H10ClNO/c1-5-3-6(2)10-8(9)7(5)4-11/h3,11H,4H2,1-2H3. The Bertz CT molecular complexity index is 250. The molecule has 11 heavy (non-hydrogen) atoms. The number of rotatable bonds is 1. The molecule has 1 N–H and O–H groups in total. The molecule has 0 atom stereocenters. The fraction of sp³-hybridized carbons (Fsp3) is 0.375. The van der Waals surface area contributed by atoms with E-state index in [-0.39, 0.29) is 6.61 Å². The zero-order valence-electron chi connectivity index (χ0n) is 6.56. The Kier molecular flexibility index (Phi) is 2.47. The van der Waals surface area contributed by atoms with Crippen molar-refractivity contribution in [1.82, 2.24) is 4.98 Å². The van der Waals surface area contributed by atoms with Crippen molar-refractivity contribution in [3.8, 4) is 0 Å². The number of hydrogen-bond acceptors (Lipinski definition) is 2. The molecular formula is C8H10ClNO. The first-order valence-electron chi connectivity index (χ1n) is 3.38. The van der Waals surface area contributed by atoms with Crippen molar-refractivity contribution in [1.29, 1.82) is 0 Å². The van der Waals surface area contributed by atoms with Crippen LogP contribution in [0.3, 0.4) is 0 Å². The Morgan fingerprint density at radius 2 is 2.18 bits per heavy atom. The summed E-state index contributed by atoms with van der Waals surface area (Å²) in [6.07, 6.45) is 0. The second kappa shape index (κ2) is 3.20. The van der Waals surface area contributed by atoms with E-state index in [2.05, 4.69) is 4.98 Å². The van der Waals surface area contributed by atoms with Crippen molar-refractivity contribution in [2.45, 2.75) is 20.5 Å². The molecule has 0 fully saturated rings. The normalized spacial score (nSPS) is 10.2. The summed E-state index contributed by atoms with van der Waals surface area (Å²) in [4.78, 5) is 4.01. The van der Waals surface area contributed by atoms with Gasteiger partial charge in [0, 0.05) is 11.3 Å². The Balaban J connectivity index is 3.25. The van der Waals surface area contributed by atoms with Gasteiger partial charge in [0.05, 0.1) is 6.61 Å². The van der Waals surface area contributed by atoms with Gasteiger partial charge in [-0.1, -0.05) is 11.6 Å². The zero-order chi connectivity index (χ0) is 8.43. The summed E-state index contributed by atoms with van der Waals surface area (Å²) < 4.78 is 0. The molecule has 1 aromatic rings. The van der Waals surface area contributed by atoms with Crippen molar-refractivity contribution in [3.63, 3.8) is 0 Å². The van der Waals surface area contributed by atoms with Crippen molar-refractivity contribution in [2.75, 3.05) is 0 Å². The van der Waals surface area contributed by atoms with Gasteiger partial charge in [0.25, 0.3) is 0 Å². The zero-order valence-corrected chi connectivity index (χ0v) is 7.31. The highest BCUT2D eigenvalue weighted by Gasteiger charge is 2.04. The van der Waals surface area contributed by atoms with E-state index in [1.54, 1.807) is 0 Å². The van der Waals surface area contributed by atoms with Crippen LogP contribution in [-0.2, 0) is 6.61 Å². The van der Waals surface area contributed by atoms with Crippen LogP contribution in [0.1, 0.15) is 16.8 Å². The first kappa shape index (κ1) is 8.50. The molecule has 1 aromatic heterocycles. The molecule has 0 saturated carbocycles. The second-order valence-corrected chi connectivity index (χ2v) is 2.87. The molecule has 3 heteroatoms. The van der Waals surface area contributed by atoms with Gasteiger partial charge >= 0.3 is 0 Å². The predicted molar refractivity (Wildman–Crippen MR) is 44.6 cm³/mol. The molecule has 0 unspecified atom stereocenters. The molecule has 0 aliphatic carbocycles. The van der Waals surface area contributed by atoms with Crippen LogP contribution >= 0.6 is 11.6 Å². The number of aromatic nitrogens is 1. The highest BCUT2D eigenvalue weighted by atomic mass is 35.5. The summed E-state index contributed by atoms with van der Waals surface area (Å²) in [5, 5.41) is 9.27. The Labute approximate surface area is 70.8 Å². The van der Waals surface area contributed by atoms with Gasteiger partial charge in [0.15, 0.2) is 0 Å². The number of pyridine rings is 1. The minimum Gasteiger partial charge on any atom is -0.392 e. The van der Waals surface area contributed by atoms with E-state index in [0.717, 1.165) is 16.8 Å². The largest absolute Gasteiger partial charge is 0.392 e. The van der Waals surface area contributed by atoms with Crippen LogP contribution < -0.4 is 0 Å². The van der Waals surface area contributed by atoms with E-state index in [0.29, 0.717) is 5.15 Å². The molecule has 0 bridgehead atoms. The molecule has 0 aliphatic heterocycles. The quantitative estimate of drug-likeness (QED) is 0.655. The number of nitrogens with zero attached hydrogens (tertiary/aromatic N) is 1. The lowest BCUT2D eigenvalue weighted by Gasteiger charge is -2.04. The molecule has 0 aliphatic rings. The number of aryl methyl sites for hydroxylation is 2. The molecule has 1 rings (SSSR count). The van der Waals surface area contributed by atoms with Gasteiger partial charge < -0.3 is 5.11 Å². The summed E-state index contributed by atoms with van der Waals surface area (Å²) in [7, 11) is 0. The predicted octanol–water partition coefficient (Wildman–Crippen LogP) is 1.84. The third-order valence-corrected chi connectivity index (χ3v) is 1.90. The lowest BCUT2D eigenvalue weighted by Crippen LogP contribution is -1.94. The summed E-state index contributed by atoms with van der Waals surface area (Å²) in [5.74, 6) is 0. The topological polar surface area (TPSA) is 33.1 Å². The van der Waals surface area contributed by atoms with Crippen LogP contribution in [0, 0.1) is 13.8 Å². The molecule has 60 valence electrons. The maximum atomic E-state index is 8.87. The van der Waals surface area contributed by atoms with Crippen molar-refractivity contribution >= 4 is 11.6 Å². The van der Waals surface area contributed by atoms with E-state index in [1.807, 2.05) is 19.9 Å². The van der Waals surface area contributed by atoms with Gasteiger partial charge in [0.1, 0.15) is 5.15 Å². The number of aliphatic hydroxyl groups is 1. The minimum atomic E-state index is -0.0437. The maximum Gasteiger partial charge on any atom is 0.135 e. The van der Waals surface area contributed by atoms with Gasteiger partial charge in [-0.25, -0.2) is 4.98 Å². The van der Waals surface area contributed by atoms with Gasteiger partial charge in [-0.05, 0) is 25.5 Å². The van der Waals surface area contributed by atoms with E-state index in [4.69, 9.17) is 16.7 Å². The van der Waals surface area contributed by atoms with Crippen LogP contribution in [0.25, 0.3) is 0 Å². The Hall–Kier alpha value is -0.600. The monoisotopic (exact) mass is 171 g/mol. The third-order valence-electron chi connectivity index (χ3n) is 1.58. The Morgan fingerprint density at radius 1 is 1.55 bits per heavy atom. The fourth-order valence-corrected chi connectivity index (χ4v) is 1.35. The summed E-state index contributed by atoms with van der Waals surface area (Å²) in [6, 6.07) is 1.90. The SMILES string of the molecule is Cc1cc(C)c(CO)c(Cl)n1. The molecule has 0 saturated heterocycles. The van der Waals surface area contributed by atoms with E-state index < -0.39 is 0 Å². The molecule has 0 spiro atoms. The average molecular weight is 172 g/mol. The van der Waals surface area contributed by atoms with Gasteiger partial charge in [-0.2, -0.15) is 0 Å². The van der Waals surface area contributed by atoms with Crippen LogP contribution in [0.2, 0.25) is 5.15 Å². The van der Waals surface area contributed by atoms with E-state index >= 15 is 0 Å². The van der Waals surface area contributed by atoms with E-state index in [1.165, 1.54) is 0 Å². The summed E-state index contributed by atoms with van der Waals surface area (Å²) >= 11 is 5.76. The summed E-state index contributed by atoms with van der Waals surface area (Å²) in [5.41, 5.74) is 2.59. The Morgan fingerprint density at radius 3 is 2.64 bits per heavy atom. The maximum absolute atomic E-state index is 8.87. The van der Waals surface area contributed by atoms with Crippen LogP contribution in [0.5, 0.6) is 0 Å². The molecule has 0 radical (unpaired) electrons. The van der Waals surface area contributed by atoms with Crippen LogP contribution in [0.4, 0.5) is 0 Å². The molecule has 2 nitrogen and oxygen atoms in total. The average Bonchev–Trinajstić information content (AvgIpc) is 1.85. The van der Waals surface area contributed by atoms with Gasteiger partial charge in [0.2, 0.25) is 0 Å². The first-order valence-corrected chi connectivity index (χ1v) is 3.76. The van der Waals surface area contributed by atoms with Crippen LogP contribution in [-0.4, -0.2) is 10.1 Å². The van der Waals surface area contributed by atoms with Crippen LogP contribution in [0.15, 0.2) is 6.07 Å². The fourth-order valence-electron chi connectivity index (χ4n) is 1.01. The first-order chi connectivity index (χ1) is 5.15. The molecule has 0 aromatic carbocycles. The number of hydrogen-bond donors (Lipinski definition) is 1. The van der Waals surface area contributed by atoms with Crippen molar-refractivity contribution < 1.29 is 5.11 Å². The summed E-state index contributed by atoms with van der Waals surface area (Å²) in [6.45, 7) is 3.74. The second-order valence-electron chi connectivity index (χ2n) is 2.51. The molecule has 1 heterocycles. The lowest BCUT2D eigenvalue weighted by atomic mass is 10.1. The minimum absolute atomic E-state index is 0.0437. The van der Waals surface area contributed by atoms with Crippen molar-refractivity contribution in [3.05, 3.63) is 28.0 Å². The number of aliphatic hydroxyl groups excluding tert-OH is 1.